The molecular weight excluding hydrogens is 477 g/mol. The molecule has 6 nitrogen and oxygen atoms in total. The molecule has 1 aliphatic rings. The number of carbonyl (C=O) groups excluding carboxylic acids is 1. The molecule has 2 aromatic carbocycles. The third-order valence-corrected chi connectivity index (χ3v) is 5.86. The summed E-state index contributed by atoms with van der Waals surface area (Å²) in [6, 6.07) is 10.8. The molecule has 0 aliphatic heterocycles. The standard InChI is InChI=1S/C21H17BrFN3O3.ClH/c22-12-6-7-16(14(10-12)18(27)13-4-1-2-5-15(13)23)26-11-25-17(20(28)29)19(26)21(24)8-3-9-21;/h1-2,4-7,10-11H,3,8-9,24H2,(H,28,29);1H. The number of carbonyl (C=O) groups is 2. The number of hydrogen-bond acceptors (Lipinski definition) is 3. The van der Waals surface area contributed by atoms with Crippen LogP contribution in [0.5, 0.6) is 0 Å². The number of aromatic nitrogens is 2. The molecule has 0 amide bonds. The Balaban J connectivity index is 0.00000256. The van der Waals surface area contributed by atoms with E-state index in [1.165, 1.54) is 24.5 Å². The average molecular weight is 495 g/mol. The summed E-state index contributed by atoms with van der Waals surface area (Å²) in [6.45, 7) is 0. The van der Waals surface area contributed by atoms with Crippen LogP contribution in [0.3, 0.4) is 0 Å². The molecule has 3 aromatic rings. The van der Waals surface area contributed by atoms with Crippen LogP contribution in [0.15, 0.2) is 53.3 Å². The molecule has 1 fully saturated rings. The van der Waals surface area contributed by atoms with Crippen molar-refractivity contribution in [2.75, 3.05) is 0 Å². The molecule has 156 valence electrons. The predicted molar refractivity (Wildman–Crippen MR) is 106 cm³/mol. The molecule has 0 atom stereocenters. The van der Waals surface area contributed by atoms with Gasteiger partial charge in [0.05, 0.1) is 11.3 Å². The molecule has 0 unspecified atom stereocenters. The quantitative estimate of drug-likeness (QED) is 0.499. The maximum Gasteiger partial charge on any atom is 0.356 e. The Morgan fingerprint density at radius 2 is 1.87 bits per heavy atom. The van der Waals surface area contributed by atoms with E-state index in [1.54, 1.807) is 28.8 Å². The third kappa shape index (κ3) is 3.66. The van der Waals surface area contributed by atoms with Crippen molar-refractivity contribution in [2.24, 2.45) is 0 Å². The number of quaternary nitrogens is 1. The van der Waals surface area contributed by atoms with Crippen LogP contribution in [0.2, 0.25) is 0 Å². The number of carboxylic acid groups (broad SMARTS) is 1. The van der Waals surface area contributed by atoms with Crippen molar-refractivity contribution >= 4 is 27.7 Å². The summed E-state index contributed by atoms with van der Waals surface area (Å²) in [7, 11) is 0. The molecule has 30 heavy (non-hydrogen) atoms. The highest BCUT2D eigenvalue weighted by atomic mass is 79.9. The molecule has 0 spiro atoms. The van der Waals surface area contributed by atoms with E-state index in [2.05, 4.69) is 26.6 Å². The zero-order valence-corrected chi connectivity index (χ0v) is 18.1. The number of ketones is 1. The number of benzene rings is 2. The molecule has 0 bridgehead atoms. The van der Waals surface area contributed by atoms with Crippen molar-refractivity contribution < 1.29 is 37.2 Å². The minimum Gasteiger partial charge on any atom is -1.00 e. The summed E-state index contributed by atoms with van der Waals surface area (Å²) in [6.07, 6.45) is 3.79. The maximum absolute atomic E-state index is 14.3. The molecular formula is C21H18BrClFN3O3. The van der Waals surface area contributed by atoms with Gasteiger partial charge in [0.25, 0.3) is 0 Å². The highest BCUT2D eigenvalue weighted by Crippen LogP contribution is 2.40. The van der Waals surface area contributed by atoms with Gasteiger partial charge in [0.15, 0.2) is 11.5 Å². The van der Waals surface area contributed by atoms with Gasteiger partial charge in [-0.2, -0.15) is 0 Å². The predicted octanol–water partition coefficient (Wildman–Crippen LogP) is 0.328. The van der Waals surface area contributed by atoms with Gasteiger partial charge in [0.1, 0.15) is 23.4 Å². The van der Waals surface area contributed by atoms with Gasteiger partial charge in [-0.25, -0.2) is 14.2 Å². The van der Waals surface area contributed by atoms with E-state index < -0.39 is 23.1 Å². The van der Waals surface area contributed by atoms with Gasteiger partial charge in [0, 0.05) is 22.9 Å². The van der Waals surface area contributed by atoms with Gasteiger partial charge in [0.2, 0.25) is 0 Å². The number of nitrogens with zero attached hydrogens (tertiary/aromatic N) is 2. The van der Waals surface area contributed by atoms with Crippen molar-refractivity contribution in [3.63, 3.8) is 0 Å². The number of halogens is 3. The first kappa shape index (κ1) is 22.1. The summed E-state index contributed by atoms with van der Waals surface area (Å²) >= 11 is 3.36. The second kappa shape index (κ2) is 8.29. The molecule has 0 saturated heterocycles. The normalized spacial score (nSPS) is 14.5. The Morgan fingerprint density at radius 1 is 1.17 bits per heavy atom. The van der Waals surface area contributed by atoms with Crippen LogP contribution >= 0.6 is 15.9 Å². The number of aromatic carboxylic acids is 1. The summed E-state index contributed by atoms with van der Waals surface area (Å²) < 4.78 is 16.5. The average Bonchev–Trinajstić information content (AvgIpc) is 3.11. The van der Waals surface area contributed by atoms with Crippen LogP contribution in [0.4, 0.5) is 4.39 Å². The van der Waals surface area contributed by atoms with E-state index in [0.29, 0.717) is 15.9 Å². The maximum atomic E-state index is 14.3. The van der Waals surface area contributed by atoms with Crippen LogP contribution in [0, 0.1) is 5.82 Å². The fourth-order valence-electron chi connectivity index (χ4n) is 3.73. The minimum absolute atomic E-state index is 0. The lowest BCUT2D eigenvalue weighted by Gasteiger charge is -2.35. The van der Waals surface area contributed by atoms with Gasteiger partial charge in [-0.05, 0) is 36.8 Å². The van der Waals surface area contributed by atoms with Gasteiger partial charge >= 0.3 is 5.97 Å². The highest BCUT2D eigenvalue weighted by molar-refractivity contribution is 9.10. The molecule has 1 saturated carbocycles. The number of hydrogen-bond donors (Lipinski definition) is 2. The molecule has 4 N–H and O–H groups in total. The minimum atomic E-state index is -1.15. The lowest BCUT2D eigenvalue weighted by atomic mass is 9.74. The van der Waals surface area contributed by atoms with Crippen molar-refractivity contribution in [3.8, 4) is 5.69 Å². The van der Waals surface area contributed by atoms with Crippen LogP contribution in [0.25, 0.3) is 5.69 Å². The van der Waals surface area contributed by atoms with Crippen molar-refractivity contribution in [3.05, 3.63) is 81.6 Å². The van der Waals surface area contributed by atoms with E-state index in [4.69, 9.17) is 0 Å². The molecule has 1 aliphatic carbocycles. The first-order valence-corrected chi connectivity index (χ1v) is 9.87. The fraction of sp³-hybridized carbons (Fsp3) is 0.190. The van der Waals surface area contributed by atoms with Gasteiger partial charge in [-0.15, -0.1) is 0 Å². The molecule has 9 heteroatoms. The third-order valence-electron chi connectivity index (χ3n) is 5.36. The Labute approximate surface area is 186 Å². The smallest absolute Gasteiger partial charge is 0.356 e. The molecule has 1 aromatic heterocycles. The fourth-order valence-corrected chi connectivity index (χ4v) is 4.09. The number of rotatable bonds is 5. The largest absolute Gasteiger partial charge is 1.00 e. The van der Waals surface area contributed by atoms with Crippen molar-refractivity contribution in [1.29, 1.82) is 0 Å². The van der Waals surface area contributed by atoms with E-state index in [0.717, 1.165) is 19.3 Å². The molecule has 1 heterocycles. The Morgan fingerprint density at radius 3 is 2.47 bits per heavy atom. The van der Waals surface area contributed by atoms with Crippen LogP contribution < -0.4 is 18.1 Å². The monoisotopic (exact) mass is 493 g/mol. The Kier molecular flexibility index (Phi) is 6.12. The molecule has 4 rings (SSSR count). The molecule has 0 radical (unpaired) electrons. The number of imidazole rings is 1. The van der Waals surface area contributed by atoms with E-state index in [9.17, 15) is 19.1 Å². The zero-order chi connectivity index (χ0) is 20.8. The highest BCUT2D eigenvalue weighted by Gasteiger charge is 2.45. The first-order chi connectivity index (χ1) is 13.8. The van der Waals surface area contributed by atoms with Crippen LogP contribution in [-0.2, 0) is 5.54 Å². The Bertz CT molecular complexity index is 1140. The van der Waals surface area contributed by atoms with Crippen molar-refractivity contribution in [2.45, 2.75) is 24.8 Å². The SMILES string of the molecule is [Cl-].[NH3+]C1(c2c(C(=O)O)ncn2-c2ccc(Br)cc2C(=O)c2ccccc2F)CCC1. The van der Waals surface area contributed by atoms with Crippen molar-refractivity contribution in [1.82, 2.24) is 9.55 Å². The zero-order valence-electron chi connectivity index (χ0n) is 15.7. The Hall–Kier alpha value is -2.55. The second-order valence-corrected chi connectivity index (χ2v) is 8.14. The van der Waals surface area contributed by atoms with Gasteiger partial charge in [-0.3, -0.25) is 9.36 Å². The lowest BCUT2D eigenvalue weighted by molar-refractivity contribution is -0.511. The second-order valence-electron chi connectivity index (χ2n) is 7.22. The summed E-state index contributed by atoms with van der Waals surface area (Å²) in [5, 5.41) is 9.62. The van der Waals surface area contributed by atoms with Gasteiger partial charge in [-0.1, -0.05) is 28.1 Å². The number of carboxylic acids is 1. The van der Waals surface area contributed by atoms with E-state index >= 15 is 0 Å². The van der Waals surface area contributed by atoms with Crippen LogP contribution in [-0.4, -0.2) is 26.4 Å². The van der Waals surface area contributed by atoms with E-state index in [1.807, 2.05) is 0 Å². The summed E-state index contributed by atoms with van der Waals surface area (Å²) in [4.78, 5) is 29.0. The lowest BCUT2D eigenvalue weighted by Crippen LogP contribution is -3.00. The summed E-state index contributed by atoms with van der Waals surface area (Å²) in [5.41, 5.74) is 4.65. The first-order valence-electron chi connectivity index (χ1n) is 9.07. The topological polar surface area (TPSA) is 99.8 Å². The van der Waals surface area contributed by atoms with Crippen LogP contribution in [0.1, 0.15) is 51.4 Å². The summed E-state index contributed by atoms with van der Waals surface area (Å²) in [5.74, 6) is -2.26. The van der Waals surface area contributed by atoms with Gasteiger partial charge < -0.3 is 23.2 Å². The van der Waals surface area contributed by atoms with E-state index in [-0.39, 0.29) is 29.2 Å².